The highest BCUT2D eigenvalue weighted by Crippen LogP contribution is 2.20. The summed E-state index contributed by atoms with van der Waals surface area (Å²) in [5, 5.41) is 5.29. The van der Waals surface area contributed by atoms with Crippen LogP contribution in [0.1, 0.15) is 34.5 Å². The summed E-state index contributed by atoms with van der Waals surface area (Å²) < 4.78 is 22.7. The zero-order valence-corrected chi connectivity index (χ0v) is 15.6. The zero-order chi connectivity index (χ0) is 18.7. The van der Waals surface area contributed by atoms with Crippen LogP contribution in [0.2, 0.25) is 0 Å². The van der Waals surface area contributed by atoms with Crippen LogP contribution in [-0.2, 0) is 15.6 Å². The standard InChI is InChI=1S/C21H21NO3S/c1-15(19-12-11-17-5-3-4-6-20(17)13-19)22-21(23)18-9-7-16(8-10-18)14-26(2,24)25/h3-13,15H,14H2,1-2H3,(H,22,23). The molecule has 0 aliphatic carbocycles. The monoisotopic (exact) mass is 367 g/mol. The predicted molar refractivity (Wildman–Crippen MR) is 105 cm³/mol. The Morgan fingerprint density at radius 2 is 1.62 bits per heavy atom. The summed E-state index contributed by atoms with van der Waals surface area (Å²) >= 11 is 0. The van der Waals surface area contributed by atoms with Gasteiger partial charge in [-0.15, -0.1) is 0 Å². The van der Waals surface area contributed by atoms with Crippen molar-refractivity contribution in [1.82, 2.24) is 5.32 Å². The minimum Gasteiger partial charge on any atom is -0.346 e. The molecule has 1 N–H and O–H groups in total. The second-order valence-corrected chi connectivity index (χ2v) is 8.71. The van der Waals surface area contributed by atoms with Gasteiger partial charge in [0.15, 0.2) is 9.84 Å². The molecule has 1 atom stereocenters. The van der Waals surface area contributed by atoms with E-state index in [1.54, 1.807) is 24.3 Å². The molecule has 3 aromatic carbocycles. The van der Waals surface area contributed by atoms with Gasteiger partial charge in [0.1, 0.15) is 0 Å². The highest BCUT2D eigenvalue weighted by Gasteiger charge is 2.12. The fraction of sp³-hybridized carbons (Fsp3) is 0.190. The summed E-state index contributed by atoms with van der Waals surface area (Å²) in [5.74, 6) is -0.209. The Labute approximate surface area is 153 Å². The van der Waals surface area contributed by atoms with Gasteiger partial charge in [-0.05, 0) is 47.0 Å². The van der Waals surface area contributed by atoms with Crippen LogP contribution < -0.4 is 5.32 Å². The molecule has 0 radical (unpaired) electrons. The van der Waals surface area contributed by atoms with Crippen molar-refractivity contribution in [3.63, 3.8) is 0 Å². The maximum atomic E-state index is 12.5. The van der Waals surface area contributed by atoms with E-state index in [-0.39, 0.29) is 17.7 Å². The van der Waals surface area contributed by atoms with Crippen molar-refractivity contribution < 1.29 is 13.2 Å². The molecule has 1 unspecified atom stereocenters. The molecule has 0 aliphatic heterocycles. The van der Waals surface area contributed by atoms with Crippen LogP contribution >= 0.6 is 0 Å². The zero-order valence-electron chi connectivity index (χ0n) is 14.8. The molecular weight excluding hydrogens is 346 g/mol. The van der Waals surface area contributed by atoms with Gasteiger partial charge in [-0.3, -0.25) is 4.79 Å². The molecule has 5 heteroatoms. The topological polar surface area (TPSA) is 63.2 Å². The van der Waals surface area contributed by atoms with Crippen LogP contribution in [0, 0.1) is 0 Å². The smallest absolute Gasteiger partial charge is 0.251 e. The number of rotatable bonds is 5. The molecule has 0 aliphatic rings. The fourth-order valence-electron chi connectivity index (χ4n) is 2.90. The predicted octanol–water partition coefficient (Wildman–Crippen LogP) is 3.88. The molecule has 3 rings (SSSR count). The summed E-state index contributed by atoms with van der Waals surface area (Å²) in [4.78, 5) is 12.5. The SMILES string of the molecule is CC(NC(=O)c1ccc(CS(C)(=O)=O)cc1)c1ccc2ccccc2c1. The summed E-state index contributed by atoms with van der Waals surface area (Å²) in [7, 11) is -3.08. The number of amides is 1. The molecule has 0 aromatic heterocycles. The first-order valence-electron chi connectivity index (χ1n) is 8.38. The van der Waals surface area contributed by atoms with E-state index in [1.807, 2.05) is 37.3 Å². The lowest BCUT2D eigenvalue weighted by Crippen LogP contribution is -2.26. The molecule has 134 valence electrons. The van der Waals surface area contributed by atoms with Crippen molar-refractivity contribution in [2.75, 3.05) is 6.26 Å². The minimum atomic E-state index is -3.08. The third kappa shape index (κ3) is 4.49. The van der Waals surface area contributed by atoms with Gasteiger partial charge >= 0.3 is 0 Å². The number of nitrogens with one attached hydrogen (secondary N) is 1. The van der Waals surface area contributed by atoms with E-state index < -0.39 is 9.84 Å². The Morgan fingerprint density at radius 3 is 2.27 bits per heavy atom. The number of benzene rings is 3. The van der Waals surface area contributed by atoms with Gasteiger partial charge in [0.25, 0.3) is 5.91 Å². The first-order chi connectivity index (χ1) is 12.3. The molecule has 0 saturated heterocycles. The van der Waals surface area contributed by atoms with Crippen molar-refractivity contribution in [3.8, 4) is 0 Å². The molecule has 1 amide bonds. The lowest BCUT2D eigenvalue weighted by Gasteiger charge is -2.15. The molecule has 0 saturated carbocycles. The van der Waals surface area contributed by atoms with Gasteiger partial charge in [0.2, 0.25) is 0 Å². The molecule has 26 heavy (non-hydrogen) atoms. The van der Waals surface area contributed by atoms with Gasteiger partial charge in [0, 0.05) is 11.8 Å². The number of hydrogen-bond acceptors (Lipinski definition) is 3. The highest BCUT2D eigenvalue weighted by molar-refractivity contribution is 7.89. The normalized spacial score (nSPS) is 12.7. The largest absolute Gasteiger partial charge is 0.346 e. The summed E-state index contributed by atoms with van der Waals surface area (Å²) in [6, 6.07) is 20.8. The van der Waals surface area contributed by atoms with Crippen LogP contribution in [0.5, 0.6) is 0 Å². The van der Waals surface area contributed by atoms with Crippen molar-refractivity contribution in [1.29, 1.82) is 0 Å². The Balaban J connectivity index is 1.71. The van der Waals surface area contributed by atoms with Crippen molar-refractivity contribution in [2.24, 2.45) is 0 Å². The van der Waals surface area contributed by atoms with Gasteiger partial charge in [-0.2, -0.15) is 0 Å². The number of carbonyl (C=O) groups is 1. The molecular formula is C21H21NO3S. The first-order valence-corrected chi connectivity index (χ1v) is 10.4. The van der Waals surface area contributed by atoms with Crippen LogP contribution in [0.25, 0.3) is 10.8 Å². The van der Waals surface area contributed by atoms with Crippen molar-refractivity contribution >= 4 is 26.5 Å². The fourth-order valence-corrected chi connectivity index (χ4v) is 3.69. The summed E-state index contributed by atoms with van der Waals surface area (Å²) in [6.07, 6.45) is 1.19. The van der Waals surface area contributed by atoms with Gasteiger partial charge in [-0.1, -0.05) is 48.5 Å². The van der Waals surface area contributed by atoms with Gasteiger partial charge in [-0.25, -0.2) is 8.42 Å². The molecule has 4 nitrogen and oxygen atoms in total. The minimum absolute atomic E-state index is 0.0254. The molecule has 0 heterocycles. The number of carbonyl (C=O) groups excluding carboxylic acids is 1. The lowest BCUT2D eigenvalue weighted by molar-refractivity contribution is 0.0940. The van der Waals surface area contributed by atoms with Gasteiger partial charge in [0.05, 0.1) is 11.8 Å². The Kier molecular flexibility index (Phi) is 5.09. The van der Waals surface area contributed by atoms with E-state index in [0.29, 0.717) is 11.1 Å². The van der Waals surface area contributed by atoms with Crippen molar-refractivity contribution in [3.05, 3.63) is 83.4 Å². The summed E-state index contributed by atoms with van der Waals surface area (Å²) in [6.45, 7) is 1.94. The molecule has 0 fully saturated rings. The van der Waals surface area contributed by atoms with Crippen LogP contribution in [-0.4, -0.2) is 20.6 Å². The van der Waals surface area contributed by atoms with Crippen LogP contribution in [0.3, 0.4) is 0 Å². The molecule has 0 bridgehead atoms. The average Bonchev–Trinajstić information content (AvgIpc) is 2.60. The first kappa shape index (κ1) is 18.1. The third-order valence-corrected chi connectivity index (χ3v) is 5.12. The Bertz CT molecular complexity index is 1040. The molecule has 3 aromatic rings. The van der Waals surface area contributed by atoms with Crippen LogP contribution in [0.15, 0.2) is 66.7 Å². The second-order valence-electron chi connectivity index (χ2n) is 6.57. The van der Waals surface area contributed by atoms with E-state index in [2.05, 4.69) is 17.4 Å². The highest BCUT2D eigenvalue weighted by atomic mass is 32.2. The third-order valence-electron chi connectivity index (χ3n) is 4.27. The van der Waals surface area contributed by atoms with E-state index in [1.165, 1.54) is 6.26 Å². The molecule has 0 spiro atoms. The maximum absolute atomic E-state index is 12.5. The second kappa shape index (κ2) is 7.30. The Morgan fingerprint density at radius 1 is 0.962 bits per heavy atom. The number of fused-ring (bicyclic) bond motifs is 1. The maximum Gasteiger partial charge on any atom is 0.251 e. The van der Waals surface area contributed by atoms with Crippen LogP contribution in [0.4, 0.5) is 0 Å². The van der Waals surface area contributed by atoms with E-state index >= 15 is 0 Å². The van der Waals surface area contributed by atoms with E-state index in [4.69, 9.17) is 0 Å². The average molecular weight is 367 g/mol. The Hall–Kier alpha value is -2.66. The quantitative estimate of drug-likeness (QED) is 0.744. The number of hydrogen-bond donors (Lipinski definition) is 1. The van der Waals surface area contributed by atoms with E-state index in [0.717, 1.165) is 16.3 Å². The van der Waals surface area contributed by atoms with Crippen molar-refractivity contribution in [2.45, 2.75) is 18.7 Å². The lowest BCUT2D eigenvalue weighted by atomic mass is 10.0. The number of sulfone groups is 1. The van der Waals surface area contributed by atoms with Gasteiger partial charge < -0.3 is 5.32 Å². The summed E-state index contributed by atoms with van der Waals surface area (Å²) in [5.41, 5.74) is 2.22. The van der Waals surface area contributed by atoms with E-state index in [9.17, 15) is 13.2 Å².